The number of amides is 3. The highest BCUT2D eigenvalue weighted by molar-refractivity contribution is 6.25. The van der Waals surface area contributed by atoms with E-state index in [1.54, 1.807) is 24.3 Å². The largest absolute Gasteiger partial charge is 0.494 e. The molecule has 2 aliphatic rings. The van der Waals surface area contributed by atoms with Gasteiger partial charge in [0.15, 0.2) is 12.1 Å². The van der Waals surface area contributed by atoms with Crippen LogP contribution in [0.1, 0.15) is 32.3 Å². The van der Waals surface area contributed by atoms with Crippen molar-refractivity contribution in [3.05, 3.63) is 54.1 Å². The molecular weight excluding hydrogens is 410 g/mol. The number of carbonyl (C=O) groups is 3. The lowest BCUT2D eigenvalue weighted by molar-refractivity contribution is -0.123. The molecule has 4 rings (SSSR count). The van der Waals surface area contributed by atoms with Crippen molar-refractivity contribution in [3.63, 3.8) is 0 Å². The topological polar surface area (TPSA) is 104 Å². The Morgan fingerprint density at radius 1 is 1.06 bits per heavy atom. The zero-order chi connectivity index (χ0) is 22.8. The molecule has 0 radical (unpaired) electrons. The first-order valence-corrected chi connectivity index (χ1v) is 10.6. The van der Waals surface area contributed by atoms with E-state index >= 15 is 0 Å². The van der Waals surface area contributed by atoms with Crippen LogP contribution in [0.4, 0.5) is 11.4 Å². The lowest BCUT2D eigenvalue weighted by atomic mass is 10.0. The van der Waals surface area contributed by atoms with Crippen molar-refractivity contribution >= 4 is 29.1 Å². The third-order valence-electron chi connectivity index (χ3n) is 5.43. The third kappa shape index (κ3) is 4.05. The van der Waals surface area contributed by atoms with E-state index in [1.165, 1.54) is 10.6 Å². The molecule has 1 fully saturated rings. The smallest absolute Gasteiger partial charge is 0.263 e. The number of nitrogens with one attached hydrogen (secondary N) is 1. The number of rotatable bonds is 7. The highest BCUT2D eigenvalue weighted by Crippen LogP contribution is 2.32. The summed E-state index contributed by atoms with van der Waals surface area (Å²) in [6.07, 6.45) is 0. The van der Waals surface area contributed by atoms with E-state index in [2.05, 4.69) is 29.5 Å². The molecule has 2 atom stereocenters. The fraction of sp³-hybridized carbons (Fsp3) is 0.348. The SMILES string of the molecule is CCOc1ccc(N2C(=O)[C@H]3N=NN(CC(=O)Nc4ccc(C(C)C)cc4)[C@H]3C2=O)cc1. The maximum Gasteiger partial charge on any atom is 0.263 e. The van der Waals surface area contributed by atoms with Crippen molar-refractivity contribution in [2.75, 3.05) is 23.4 Å². The summed E-state index contributed by atoms with van der Waals surface area (Å²) < 4.78 is 5.40. The van der Waals surface area contributed by atoms with E-state index in [1.807, 2.05) is 31.2 Å². The average Bonchev–Trinajstić information content (AvgIpc) is 3.29. The number of benzene rings is 2. The van der Waals surface area contributed by atoms with Gasteiger partial charge in [-0.15, -0.1) is 0 Å². The van der Waals surface area contributed by atoms with Crippen LogP contribution in [0.5, 0.6) is 5.75 Å². The van der Waals surface area contributed by atoms with Gasteiger partial charge in [0.1, 0.15) is 12.3 Å². The van der Waals surface area contributed by atoms with Crippen molar-refractivity contribution in [1.82, 2.24) is 5.01 Å². The van der Waals surface area contributed by atoms with Crippen molar-refractivity contribution < 1.29 is 19.1 Å². The second-order valence-electron chi connectivity index (χ2n) is 7.96. The van der Waals surface area contributed by atoms with Gasteiger partial charge in [-0.1, -0.05) is 31.2 Å². The second-order valence-corrected chi connectivity index (χ2v) is 7.96. The van der Waals surface area contributed by atoms with E-state index < -0.39 is 23.9 Å². The minimum absolute atomic E-state index is 0.188. The third-order valence-corrected chi connectivity index (χ3v) is 5.43. The molecule has 3 amide bonds. The molecule has 1 N–H and O–H groups in total. The van der Waals surface area contributed by atoms with Crippen LogP contribution in [-0.4, -0.2) is 48.0 Å². The molecule has 32 heavy (non-hydrogen) atoms. The van der Waals surface area contributed by atoms with Gasteiger partial charge in [-0.25, -0.2) is 4.90 Å². The molecule has 0 spiro atoms. The Morgan fingerprint density at radius 2 is 1.75 bits per heavy atom. The van der Waals surface area contributed by atoms with Gasteiger partial charge in [-0.05, 0) is 54.8 Å². The molecule has 0 unspecified atom stereocenters. The van der Waals surface area contributed by atoms with Crippen LogP contribution in [0.15, 0.2) is 58.9 Å². The number of ether oxygens (including phenoxy) is 1. The molecule has 0 aromatic heterocycles. The fourth-order valence-corrected chi connectivity index (χ4v) is 3.77. The highest BCUT2D eigenvalue weighted by atomic mass is 16.5. The first-order valence-electron chi connectivity index (χ1n) is 10.6. The molecular formula is C23H25N5O4. The summed E-state index contributed by atoms with van der Waals surface area (Å²) in [5.74, 6) is -0.217. The van der Waals surface area contributed by atoms with Crippen LogP contribution in [0.25, 0.3) is 0 Å². The van der Waals surface area contributed by atoms with E-state index in [0.29, 0.717) is 29.6 Å². The van der Waals surface area contributed by atoms with Crippen molar-refractivity contribution in [2.24, 2.45) is 10.3 Å². The van der Waals surface area contributed by atoms with Crippen LogP contribution in [0.3, 0.4) is 0 Å². The number of carbonyl (C=O) groups excluding carboxylic acids is 3. The van der Waals surface area contributed by atoms with Crippen LogP contribution < -0.4 is 15.0 Å². The van der Waals surface area contributed by atoms with Gasteiger partial charge in [-0.3, -0.25) is 19.4 Å². The summed E-state index contributed by atoms with van der Waals surface area (Å²) in [6, 6.07) is 12.4. The summed E-state index contributed by atoms with van der Waals surface area (Å²) in [6.45, 7) is 6.40. The molecule has 2 aromatic carbocycles. The van der Waals surface area contributed by atoms with E-state index in [0.717, 1.165) is 4.90 Å². The summed E-state index contributed by atoms with van der Waals surface area (Å²) in [5, 5.41) is 11.9. The Hall–Kier alpha value is -3.75. The standard InChI is InChI=1S/C23H25N5O4/c1-4-32-18-11-9-17(10-12-18)28-22(30)20-21(23(28)31)27(26-25-20)13-19(29)24-16-7-5-15(6-8-16)14(2)3/h5-12,14,20-21H,4,13H2,1-3H3,(H,24,29)/t20-,21+/m0/s1. The van der Waals surface area contributed by atoms with Crippen LogP contribution in [0, 0.1) is 0 Å². The number of hydrogen-bond donors (Lipinski definition) is 1. The van der Waals surface area contributed by atoms with Crippen LogP contribution in [0.2, 0.25) is 0 Å². The zero-order valence-corrected chi connectivity index (χ0v) is 18.2. The van der Waals surface area contributed by atoms with Gasteiger partial charge in [0.25, 0.3) is 11.8 Å². The average molecular weight is 435 g/mol. The van der Waals surface area contributed by atoms with Gasteiger partial charge in [0, 0.05) is 5.69 Å². The minimum Gasteiger partial charge on any atom is -0.494 e. The van der Waals surface area contributed by atoms with E-state index in [-0.39, 0.29) is 12.5 Å². The van der Waals surface area contributed by atoms with Crippen molar-refractivity contribution in [1.29, 1.82) is 0 Å². The minimum atomic E-state index is -0.952. The molecule has 9 nitrogen and oxygen atoms in total. The molecule has 0 bridgehead atoms. The number of hydrogen-bond acceptors (Lipinski definition) is 7. The molecule has 2 aromatic rings. The first kappa shape index (κ1) is 21.5. The highest BCUT2D eigenvalue weighted by Gasteiger charge is 2.55. The van der Waals surface area contributed by atoms with Gasteiger partial charge in [-0.2, -0.15) is 5.11 Å². The predicted molar refractivity (Wildman–Crippen MR) is 118 cm³/mol. The number of fused-ring (bicyclic) bond motifs is 1. The first-order chi connectivity index (χ1) is 15.4. The monoisotopic (exact) mass is 435 g/mol. The Morgan fingerprint density at radius 3 is 2.38 bits per heavy atom. The number of nitrogens with zero attached hydrogens (tertiary/aromatic N) is 4. The van der Waals surface area contributed by atoms with Crippen molar-refractivity contribution in [3.8, 4) is 5.75 Å². The molecule has 0 saturated carbocycles. The van der Waals surface area contributed by atoms with E-state index in [9.17, 15) is 14.4 Å². The Bertz CT molecular complexity index is 1050. The molecule has 9 heteroatoms. The molecule has 0 aliphatic carbocycles. The van der Waals surface area contributed by atoms with Gasteiger partial charge >= 0.3 is 0 Å². The molecule has 166 valence electrons. The lowest BCUT2D eigenvalue weighted by Gasteiger charge is -2.20. The second kappa shape index (κ2) is 8.78. The van der Waals surface area contributed by atoms with Gasteiger partial charge in [0.2, 0.25) is 5.91 Å². The fourth-order valence-electron chi connectivity index (χ4n) is 3.77. The molecule has 1 saturated heterocycles. The summed E-state index contributed by atoms with van der Waals surface area (Å²) >= 11 is 0. The van der Waals surface area contributed by atoms with E-state index in [4.69, 9.17) is 4.74 Å². The number of anilines is 2. The lowest BCUT2D eigenvalue weighted by Crippen LogP contribution is -2.43. The summed E-state index contributed by atoms with van der Waals surface area (Å²) in [7, 11) is 0. The summed E-state index contributed by atoms with van der Waals surface area (Å²) in [4.78, 5) is 39.5. The molecule has 2 aliphatic heterocycles. The Balaban J connectivity index is 1.43. The normalized spacial score (nSPS) is 19.6. The van der Waals surface area contributed by atoms with Crippen LogP contribution >= 0.6 is 0 Å². The predicted octanol–water partition coefficient (Wildman–Crippen LogP) is 3.14. The Labute approximate surface area is 186 Å². The summed E-state index contributed by atoms with van der Waals surface area (Å²) in [5.41, 5.74) is 2.25. The molecule has 2 heterocycles. The van der Waals surface area contributed by atoms with Crippen LogP contribution in [-0.2, 0) is 14.4 Å². The van der Waals surface area contributed by atoms with Gasteiger partial charge in [0.05, 0.1) is 12.3 Å². The van der Waals surface area contributed by atoms with Crippen molar-refractivity contribution in [2.45, 2.75) is 38.8 Å². The maximum atomic E-state index is 13.0. The Kier molecular flexibility index (Phi) is 5.89. The van der Waals surface area contributed by atoms with Gasteiger partial charge < -0.3 is 10.1 Å². The zero-order valence-electron chi connectivity index (χ0n) is 18.2. The maximum absolute atomic E-state index is 13.0. The number of imide groups is 1. The quantitative estimate of drug-likeness (QED) is 0.673.